The van der Waals surface area contributed by atoms with Crippen molar-refractivity contribution in [1.82, 2.24) is 14.5 Å². The first kappa shape index (κ1) is 17.5. The lowest BCUT2D eigenvalue weighted by Crippen LogP contribution is -2.38. The van der Waals surface area contributed by atoms with Gasteiger partial charge >= 0.3 is 6.18 Å². The fraction of sp³-hybridized carbons (Fsp3) is 0.444. The first-order valence-corrected chi connectivity index (χ1v) is 8.22. The zero-order valence-corrected chi connectivity index (χ0v) is 14.2. The molecule has 0 atom stereocenters. The summed E-state index contributed by atoms with van der Waals surface area (Å²) in [5.74, 6) is 0.399. The molecule has 7 heteroatoms. The van der Waals surface area contributed by atoms with Gasteiger partial charge in [0.15, 0.2) is 0 Å². The Labute approximate surface area is 144 Å². The van der Waals surface area contributed by atoms with Crippen molar-refractivity contribution < 1.29 is 18.0 Å². The Hall–Kier alpha value is -2.31. The van der Waals surface area contributed by atoms with Crippen molar-refractivity contribution in [2.45, 2.75) is 31.9 Å². The maximum absolute atomic E-state index is 13.2. The van der Waals surface area contributed by atoms with Crippen LogP contribution in [-0.2, 0) is 13.2 Å². The number of hydrogen-bond acceptors (Lipinski definition) is 2. The molecule has 0 bridgehead atoms. The van der Waals surface area contributed by atoms with Gasteiger partial charge in [0.1, 0.15) is 11.5 Å². The van der Waals surface area contributed by atoms with Gasteiger partial charge in [-0.1, -0.05) is 18.2 Å². The minimum Gasteiger partial charge on any atom is -0.337 e. The number of aryl methyl sites for hydroxylation is 2. The molecule has 2 aromatic rings. The number of piperidine rings is 1. The van der Waals surface area contributed by atoms with E-state index in [1.54, 1.807) is 27.8 Å². The van der Waals surface area contributed by atoms with Crippen LogP contribution in [0, 0.1) is 6.92 Å². The monoisotopic (exact) mass is 351 g/mol. The molecule has 1 fully saturated rings. The van der Waals surface area contributed by atoms with Crippen LogP contribution in [0.1, 0.15) is 46.2 Å². The number of halogens is 3. The molecule has 0 unspecified atom stereocenters. The summed E-state index contributed by atoms with van der Waals surface area (Å²) in [5.41, 5.74) is 0.144. The first-order chi connectivity index (χ1) is 11.8. The van der Waals surface area contributed by atoms with Crippen molar-refractivity contribution in [3.8, 4) is 0 Å². The highest BCUT2D eigenvalue weighted by atomic mass is 19.4. The molecule has 3 rings (SSSR count). The molecule has 25 heavy (non-hydrogen) atoms. The zero-order valence-electron chi connectivity index (χ0n) is 14.2. The van der Waals surface area contributed by atoms with Crippen LogP contribution in [0.3, 0.4) is 0 Å². The van der Waals surface area contributed by atoms with Gasteiger partial charge in [-0.05, 0) is 37.3 Å². The van der Waals surface area contributed by atoms with Crippen molar-refractivity contribution in [3.05, 3.63) is 53.1 Å². The molecule has 1 aromatic heterocycles. The van der Waals surface area contributed by atoms with E-state index < -0.39 is 11.7 Å². The second-order valence-electron chi connectivity index (χ2n) is 6.44. The number of imidazole rings is 1. The molecular formula is C18H20F3N3O. The minimum atomic E-state index is -4.35. The van der Waals surface area contributed by atoms with E-state index in [1.807, 2.05) is 14.0 Å². The Morgan fingerprint density at radius 1 is 1.20 bits per heavy atom. The summed E-state index contributed by atoms with van der Waals surface area (Å²) in [6.07, 6.45) is -1.63. The number of rotatable bonds is 2. The number of carbonyl (C=O) groups excluding carboxylic acids is 1. The number of amides is 1. The summed E-state index contributed by atoms with van der Waals surface area (Å²) in [6, 6.07) is 5.73. The fourth-order valence-electron chi connectivity index (χ4n) is 3.33. The maximum atomic E-state index is 13.2. The SMILES string of the molecule is Cc1nc(C(=O)N2CCC(c3ccccc3C(F)(F)F)CC2)cn1C. The molecule has 1 aromatic carbocycles. The Bertz CT molecular complexity index is 755. The number of likely N-dealkylation sites (tertiary alicyclic amines) is 1. The van der Waals surface area contributed by atoms with E-state index in [2.05, 4.69) is 4.98 Å². The van der Waals surface area contributed by atoms with Gasteiger partial charge in [-0.25, -0.2) is 4.98 Å². The third kappa shape index (κ3) is 3.55. The summed E-state index contributed by atoms with van der Waals surface area (Å²) in [7, 11) is 1.82. The molecule has 0 saturated carbocycles. The summed E-state index contributed by atoms with van der Waals surface area (Å²) >= 11 is 0. The average molecular weight is 351 g/mol. The molecule has 1 aliphatic rings. The van der Waals surface area contributed by atoms with Crippen LogP contribution in [0.2, 0.25) is 0 Å². The zero-order chi connectivity index (χ0) is 18.2. The Balaban J connectivity index is 1.71. The quantitative estimate of drug-likeness (QED) is 0.826. The molecule has 1 aliphatic heterocycles. The molecule has 0 radical (unpaired) electrons. The Morgan fingerprint density at radius 3 is 2.40 bits per heavy atom. The predicted molar refractivity (Wildman–Crippen MR) is 87.3 cm³/mol. The van der Waals surface area contributed by atoms with Gasteiger partial charge in [-0.2, -0.15) is 13.2 Å². The van der Waals surface area contributed by atoms with Crippen molar-refractivity contribution >= 4 is 5.91 Å². The van der Waals surface area contributed by atoms with Crippen molar-refractivity contribution in [3.63, 3.8) is 0 Å². The van der Waals surface area contributed by atoms with Gasteiger partial charge in [0.2, 0.25) is 0 Å². The average Bonchev–Trinajstić information content (AvgIpc) is 2.93. The van der Waals surface area contributed by atoms with Gasteiger partial charge in [-0.3, -0.25) is 4.79 Å². The van der Waals surface area contributed by atoms with Crippen LogP contribution in [0.4, 0.5) is 13.2 Å². The summed E-state index contributed by atoms with van der Waals surface area (Å²) in [5, 5.41) is 0. The molecule has 4 nitrogen and oxygen atoms in total. The first-order valence-electron chi connectivity index (χ1n) is 8.22. The third-order valence-electron chi connectivity index (χ3n) is 4.82. The van der Waals surface area contributed by atoms with Crippen LogP contribution in [0.5, 0.6) is 0 Å². The minimum absolute atomic E-state index is 0.161. The fourth-order valence-corrected chi connectivity index (χ4v) is 3.33. The van der Waals surface area contributed by atoms with Crippen LogP contribution in [0.15, 0.2) is 30.5 Å². The van der Waals surface area contributed by atoms with Crippen LogP contribution < -0.4 is 0 Å². The smallest absolute Gasteiger partial charge is 0.337 e. The van der Waals surface area contributed by atoms with Gasteiger partial charge in [-0.15, -0.1) is 0 Å². The second-order valence-corrected chi connectivity index (χ2v) is 6.44. The van der Waals surface area contributed by atoms with Gasteiger partial charge < -0.3 is 9.47 Å². The van der Waals surface area contributed by atoms with E-state index in [1.165, 1.54) is 6.07 Å². The van der Waals surface area contributed by atoms with Gasteiger partial charge in [0.05, 0.1) is 5.56 Å². The molecule has 2 heterocycles. The topological polar surface area (TPSA) is 38.1 Å². The number of alkyl halides is 3. The highest BCUT2D eigenvalue weighted by Gasteiger charge is 2.36. The Morgan fingerprint density at radius 2 is 1.84 bits per heavy atom. The molecule has 0 aliphatic carbocycles. The van der Waals surface area contributed by atoms with Crippen LogP contribution in [0.25, 0.3) is 0 Å². The number of nitrogens with zero attached hydrogens (tertiary/aromatic N) is 3. The highest BCUT2D eigenvalue weighted by molar-refractivity contribution is 5.92. The van der Waals surface area contributed by atoms with Crippen LogP contribution in [-0.4, -0.2) is 33.4 Å². The normalized spacial score (nSPS) is 16.3. The number of carbonyl (C=O) groups is 1. The Kier molecular flexibility index (Phi) is 4.58. The number of hydrogen-bond donors (Lipinski definition) is 0. The highest BCUT2D eigenvalue weighted by Crippen LogP contribution is 2.38. The molecular weight excluding hydrogens is 331 g/mol. The number of benzene rings is 1. The lowest BCUT2D eigenvalue weighted by atomic mass is 9.86. The third-order valence-corrected chi connectivity index (χ3v) is 4.82. The van der Waals surface area contributed by atoms with E-state index in [0.29, 0.717) is 37.2 Å². The lowest BCUT2D eigenvalue weighted by molar-refractivity contribution is -0.138. The van der Waals surface area contributed by atoms with Gasteiger partial charge in [0.25, 0.3) is 5.91 Å². The summed E-state index contributed by atoms with van der Waals surface area (Å²) in [6.45, 7) is 2.69. The standard InChI is InChI=1S/C18H20F3N3O/c1-12-22-16(11-23(12)2)17(25)24-9-7-13(8-10-24)14-5-3-4-6-15(14)18(19,20)21/h3-6,11,13H,7-10H2,1-2H3. The van der Waals surface area contributed by atoms with Crippen molar-refractivity contribution in [2.24, 2.45) is 7.05 Å². The molecule has 134 valence electrons. The molecule has 1 amide bonds. The van der Waals surface area contributed by atoms with E-state index in [4.69, 9.17) is 0 Å². The molecule has 0 N–H and O–H groups in total. The van der Waals surface area contributed by atoms with Crippen molar-refractivity contribution in [1.29, 1.82) is 0 Å². The van der Waals surface area contributed by atoms with Gasteiger partial charge in [0, 0.05) is 26.3 Å². The van der Waals surface area contributed by atoms with Crippen LogP contribution >= 0.6 is 0 Å². The second kappa shape index (κ2) is 6.54. The predicted octanol–water partition coefficient (Wildman–Crippen LogP) is 3.77. The summed E-state index contributed by atoms with van der Waals surface area (Å²) in [4.78, 5) is 18.4. The van der Waals surface area contributed by atoms with E-state index in [0.717, 1.165) is 11.9 Å². The van der Waals surface area contributed by atoms with Crippen molar-refractivity contribution in [2.75, 3.05) is 13.1 Å². The van der Waals surface area contributed by atoms with E-state index in [-0.39, 0.29) is 11.8 Å². The molecule has 1 saturated heterocycles. The lowest BCUT2D eigenvalue weighted by Gasteiger charge is -2.32. The largest absolute Gasteiger partial charge is 0.416 e. The van der Waals surface area contributed by atoms with E-state index >= 15 is 0 Å². The van der Waals surface area contributed by atoms with E-state index in [9.17, 15) is 18.0 Å². The number of aromatic nitrogens is 2. The molecule has 0 spiro atoms. The maximum Gasteiger partial charge on any atom is 0.416 e. The summed E-state index contributed by atoms with van der Waals surface area (Å²) < 4.78 is 41.4.